The number of benzene rings is 1. The van der Waals surface area contributed by atoms with Crippen LogP contribution in [-0.4, -0.2) is 52.4 Å². The molecule has 1 N–H and O–H groups in total. The zero-order valence-corrected chi connectivity index (χ0v) is 16.7. The van der Waals surface area contributed by atoms with Crippen molar-refractivity contribution < 1.29 is 27.5 Å². The first kappa shape index (κ1) is 21.2. The minimum absolute atomic E-state index is 0.0165. The van der Waals surface area contributed by atoms with Gasteiger partial charge in [0.15, 0.2) is 6.61 Å². The summed E-state index contributed by atoms with van der Waals surface area (Å²) >= 11 is 0. The summed E-state index contributed by atoms with van der Waals surface area (Å²) in [5, 5.41) is 2.55. The summed E-state index contributed by atoms with van der Waals surface area (Å²) in [6.45, 7) is -0.427. The molecule has 1 aliphatic carbocycles. The monoisotopic (exact) mass is 398 g/mol. The van der Waals surface area contributed by atoms with Crippen LogP contribution < -0.4 is 10.1 Å². The van der Waals surface area contributed by atoms with Gasteiger partial charge in [0.05, 0.1) is 23.6 Å². The first-order valence-corrected chi connectivity index (χ1v) is 10.3. The maximum absolute atomic E-state index is 12.3. The van der Waals surface area contributed by atoms with Crippen LogP contribution >= 0.6 is 0 Å². The third-order valence-corrected chi connectivity index (χ3v) is 6.32. The summed E-state index contributed by atoms with van der Waals surface area (Å²) < 4.78 is 35.9. The molecule has 2 rings (SSSR count). The summed E-state index contributed by atoms with van der Waals surface area (Å²) in [5.74, 6) is -0.757. The minimum atomic E-state index is -3.66. The van der Waals surface area contributed by atoms with Crippen LogP contribution in [0.3, 0.4) is 0 Å². The maximum Gasteiger partial charge on any atom is 0.309 e. The number of carbonyl (C=O) groups is 2. The zero-order chi connectivity index (χ0) is 20.0. The Labute approximate surface area is 159 Å². The highest BCUT2D eigenvalue weighted by Gasteiger charge is 2.24. The highest BCUT2D eigenvalue weighted by atomic mass is 32.2. The van der Waals surface area contributed by atoms with Crippen molar-refractivity contribution in [2.45, 2.75) is 37.0 Å². The van der Waals surface area contributed by atoms with Gasteiger partial charge in [0.1, 0.15) is 5.75 Å². The van der Waals surface area contributed by atoms with Crippen molar-refractivity contribution in [3.05, 3.63) is 18.2 Å². The second kappa shape index (κ2) is 9.18. The normalized spacial score (nSPS) is 15.4. The summed E-state index contributed by atoms with van der Waals surface area (Å²) in [4.78, 5) is 24.2. The Morgan fingerprint density at radius 2 is 1.85 bits per heavy atom. The molecule has 8 nitrogen and oxygen atoms in total. The summed E-state index contributed by atoms with van der Waals surface area (Å²) in [5.41, 5.74) is 0.194. The average Bonchev–Trinajstić information content (AvgIpc) is 2.66. The number of hydrogen-bond donors (Lipinski definition) is 1. The molecule has 0 saturated heterocycles. The number of methoxy groups -OCH3 is 1. The molecule has 0 unspecified atom stereocenters. The van der Waals surface area contributed by atoms with Crippen LogP contribution in [0.15, 0.2) is 23.1 Å². The van der Waals surface area contributed by atoms with Gasteiger partial charge in [0.25, 0.3) is 5.91 Å². The number of esters is 1. The Morgan fingerprint density at radius 3 is 2.44 bits per heavy atom. The predicted molar refractivity (Wildman–Crippen MR) is 100 cm³/mol. The predicted octanol–water partition coefficient (Wildman–Crippen LogP) is 2.01. The lowest BCUT2D eigenvalue weighted by Gasteiger charge is -2.20. The second-order valence-electron chi connectivity index (χ2n) is 6.64. The Kier molecular flexibility index (Phi) is 7.20. The maximum atomic E-state index is 12.3. The van der Waals surface area contributed by atoms with E-state index in [0.29, 0.717) is 5.75 Å². The van der Waals surface area contributed by atoms with E-state index < -0.39 is 22.5 Å². The SMILES string of the molecule is COc1ccc(S(=O)(=O)N(C)C)cc1NC(=O)COC(=O)C1CCCCC1. The van der Waals surface area contributed by atoms with Crippen molar-refractivity contribution in [1.82, 2.24) is 4.31 Å². The van der Waals surface area contributed by atoms with E-state index in [9.17, 15) is 18.0 Å². The van der Waals surface area contributed by atoms with Crippen LogP contribution in [0, 0.1) is 5.92 Å². The second-order valence-corrected chi connectivity index (χ2v) is 8.79. The summed E-state index contributed by atoms with van der Waals surface area (Å²) in [6, 6.07) is 4.17. The van der Waals surface area contributed by atoms with Crippen LogP contribution in [0.1, 0.15) is 32.1 Å². The fraction of sp³-hybridized carbons (Fsp3) is 0.556. The van der Waals surface area contributed by atoms with Gasteiger partial charge in [-0.05, 0) is 31.0 Å². The molecular weight excluding hydrogens is 372 g/mol. The van der Waals surface area contributed by atoms with Crippen molar-refractivity contribution in [3.63, 3.8) is 0 Å². The first-order valence-electron chi connectivity index (χ1n) is 8.82. The molecule has 0 bridgehead atoms. The largest absolute Gasteiger partial charge is 0.495 e. The van der Waals surface area contributed by atoms with Crippen LogP contribution in [0.25, 0.3) is 0 Å². The van der Waals surface area contributed by atoms with E-state index in [1.165, 1.54) is 39.4 Å². The lowest BCUT2D eigenvalue weighted by molar-refractivity contribution is -0.152. The molecule has 0 radical (unpaired) electrons. The Balaban J connectivity index is 2.04. The molecule has 1 aromatic carbocycles. The van der Waals surface area contributed by atoms with E-state index in [0.717, 1.165) is 36.4 Å². The summed E-state index contributed by atoms with van der Waals surface area (Å²) in [6.07, 6.45) is 4.69. The van der Waals surface area contributed by atoms with Crippen LogP contribution in [0.4, 0.5) is 5.69 Å². The topological polar surface area (TPSA) is 102 Å². The third kappa shape index (κ3) is 5.43. The van der Waals surface area contributed by atoms with Crippen LogP contribution in [-0.2, 0) is 24.3 Å². The highest BCUT2D eigenvalue weighted by molar-refractivity contribution is 7.89. The lowest BCUT2D eigenvalue weighted by Crippen LogP contribution is -2.26. The number of ether oxygens (including phenoxy) is 2. The van der Waals surface area contributed by atoms with Crippen LogP contribution in [0.2, 0.25) is 0 Å². The number of hydrogen-bond acceptors (Lipinski definition) is 6. The molecule has 0 spiro atoms. The molecule has 0 aliphatic heterocycles. The van der Waals surface area contributed by atoms with E-state index in [2.05, 4.69) is 5.32 Å². The lowest BCUT2D eigenvalue weighted by atomic mass is 9.89. The number of nitrogens with one attached hydrogen (secondary N) is 1. The van der Waals surface area contributed by atoms with Crippen molar-refractivity contribution >= 4 is 27.6 Å². The quantitative estimate of drug-likeness (QED) is 0.705. The van der Waals surface area contributed by atoms with Gasteiger partial charge >= 0.3 is 5.97 Å². The van der Waals surface area contributed by atoms with E-state index in [1.807, 2.05) is 0 Å². The van der Waals surface area contributed by atoms with Gasteiger partial charge in [-0.1, -0.05) is 19.3 Å². The molecule has 9 heteroatoms. The van der Waals surface area contributed by atoms with Crippen LogP contribution in [0.5, 0.6) is 5.75 Å². The molecule has 1 aromatic rings. The van der Waals surface area contributed by atoms with Gasteiger partial charge in [-0.15, -0.1) is 0 Å². The Morgan fingerprint density at radius 1 is 1.19 bits per heavy atom. The number of amides is 1. The molecule has 27 heavy (non-hydrogen) atoms. The molecule has 0 aromatic heterocycles. The van der Waals surface area contributed by atoms with Crippen molar-refractivity contribution in [2.75, 3.05) is 33.1 Å². The van der Waals surface area contributed by atoms with E-state index in [-0.39, 0.29) is 22.5 Å². The Bertz CT molecular complexity index is 785. The highest BCUT2D eigenvalue weighted by Crippen LogP contribution is 2.28. The standard InChI is InChI=1S/C18H26N2O6S/c1-20(2)27(23,24)14-9-10-16(25-3)15(11-14)19-17(21)12-26-18(22)13-7-5-4-6-8-13/h9-11,13H,4-8,12H2,1-3H3,(H,19,21). The number of rotatable bonds is 7. The molecular formula is C18H26N2O6S. The number of anilines is 1. The average molecular weight is 398 g/mol. The minimum Gasteiger partial charge on any atom is -0.495 e. The van der Waals surface area contributed by atoms with Gasteiger partial charge in [0, 0.05) is 14.1 Å². The smallest absolute Gasteiger partial charge is 0.309 e. The first-order chi connectivity index (χ1) is 12.8. The molecule has 0 atom stereocenters. The van der Waals surface area contributed by atoms with Gasteiger partial charge in [0.2, 0.25) is 10.0 Å². The molecule has 150 valence electrons. The molecule has 1 fully saturated rings. The van der Waals surface area contributed by atoms with Gasteiger partial charge in [-0.3, -0.25) is 9.59 Å². The molecule has 0 heterocycles. The molecule has 1 amide bonds. The number of sulfonamides is 1. The fourth-order valence-corrected chi connectivity index (χ4v) is 3.86. The van der Waals surface area contributed by atoms with E-state index in [4.69, 9.17) is 9.47 Å². The molecule has 1 aliphatic rings. The number of carbonyl (C=O) groups excluding carboxylic acids is 2. The van der Waals surface area contributed by atoms with E-state index >= 15 is 0 Å². The molecule has 1 saturated carbocycles. The fourth-order valence-electron chi connectivity index (χ4n) is 2.94. The van der Waals surface area contributed by atoms with Crippen molar-refractivity contribution in [3.8, 4) is 5.75 Å². The third-order valence-electron chi connectivity index (χ3n) is 4.51. The van der Waals surface area contributed by atoms with Gasteiger partial charge in [-0.2, -0.15) is 0 Å². The van der Waals surface area contributed by atoms with Gasteiger partial charge in [-0.25, -0.2) is 12.7 Å². The van der Waals surface area contributed by atoms with E-state index in [1.54, 1.807) is 0 Å². The van der Waals surface area contributed by atoms with Crippen molar-refractivity contribution in [2.24, 2.45) is 5.92 Å². The zero-order valence-electron chi connectivity index (χ0n) is 15.9. The van der Waals surface area contributed by atoms with Gasteiger partial charge < -0.3 is 14.8 Å². The Hall–Kier alpha value is -2.13. The summed E-state index contributed by atoms with van der Waals surface area (Å²) in [7, 11) is 0.590. The van der Waals surface area contributed by atoms with Crippen molar-refractivity contribution in [1.29, 1.82) is 0 Å². The number of nitrogens with zero attached hydrogens (tertiary/aromatic N) is 1.